The average Bonchev–Trinajstić information content (AvgIpc) is 1.57. The molecule has 0 spiro atoms. The van der Waals surface area contributed by atoms with E-state index >= 15 is 0 Å². The molecule has 0 atom stereocenters. The Kier molecular flexibility index (Phi) is 15.6. The van der Waals surface area contributed by atoms with Crippen LogP contribution in [-0.4, -0.2) is 0 Å². The predicted octanol–water partition coefficient (Wildman–Crippen LogP) is 24.8. The summed E-state index contributed by atoms with van der Waals surface area (Å²) in [5.41, 5.74) is 27.3. The van der Waals surface area contributed by atoms with Crippen LogP contribution in [0.15, 0.2) is 291 Å². The van der Waals surface area contributed by atoms with Gasteiger partial charge in [0.1, 0.15) is 0 Å². The number of hydrogen-bond donors (Lipinski definition) is 0. The van der Waals surface area contributed by atoms with Gasteiger partial charge in [-0.2, -0.15) is 0 Å². The molecule has 13 rings (SSSR count). The number of benzene rings is 12. The SMILES string of the molecule is CC(C)(C)c1ccc(-c2ccc(N(c3ccc(C(C)(C)C)cc3)c3cc(N(c4ccc(C(C)(C)C)cc4)c4ccc(-c5ccc(C(C)(C)C)cc5)cc4-c4ccccc4)cc(C4(c5ccccc5)c5ccccc5-c5ccccc54)c3)c(-c3ccccc3)c2)cc1. The molecule has 0 aliphatic heterocycles. The van der Waals surface area contributed by atoms with Crippen LogP contribution in [0.1, 0.15) is 128 Å². The second kappa shape index (κ2) is 23.6. The number of rotatable bonds is 12. The average molecular weight is 1180 g/mol. The molecule has 0 heterocycles. The van der Waals surface area contributed by atoms with Crippen molar-refractivity contribution in [3.8, 4) is 55.6 Å². The van der Waals surface area contributed by atoms with Crippen LogP contribution in [0, 0.1) is 0 Å². The topological polar surface area (TPSA) is 6.48 Å². The molecule has 91 heavy (non-hydrogen) atoms. The molecule has 0 aromatic heterocycles. The third kappa shape index (κ3) is 11.5. The first-order valence-electron chi connectivity index (χ1n) is 32.5. The van der Waals surface area contributed by atoms with E-state index in [1.54, 1.807) is 0 Å². The molecule has 12 aromatic rings. The highest BCUT2D eigenvalue weighted by atomic mass is 15.2. The molecule has 0 unspecified atom stereocenters. The van der Waals surface area contributed by atoms with Crippen LogP contribution in [0.25, 0.3) is 55.6 Å². The van der Waals surface area contributed by atoms with Crippen LogP contribution in [0.5, 0.6) is 0 Å². The van der Waals surface area contributed by atoms with Crippen molar-refractivity contribution in [2.24, 2.45) is 0 Å². The van der Waals surface area contributed by atoms with Crippen LogP contribution in [0.4, 0.5) is 34.1 Å². The van der Waals surface area contributed by atoms with Crippen molar-refractivity contribution in [1.29, 1.82) is 0 Å². The fraction of sp³-hybridized carbons (Fsp3) is 0.191. The van der Waals surface area contributed by atoms with Gasteiger partial charge in [0.25, 0.3) is 0 Å². The molecule has 0 radical (unpaired) electrons. The molecule has 0 saturated heterocycles. The fourth-order valence-electron chi connectivity index (χ4n) is 13.7. The molecule has 0 saturated carbocycles. The number of anilines is 6. The molecular weight excluding hydrogens is 1100 g/mol. The van der Waals surface area contributed by atoms with Gasteiger partial charge in [-0.15, -0.1) is 0 Å². The van der Waals surface area contributed by atoms with Crippen LogP contribution in [-0.2, 0) is 27.1 Å². The van der Waals surface area contributed by atoms with E-state index in [-0.39, 0.29) is 21.7 Å². The summed E-state index contributed by atoms with van der Waals surface area (Å²) in [6.45, 7) is 27.5. The predicted molar refractivity (Wildman–Crippen MR) is 390 cm³/mol. The maximum atomic E-state index is 2.54. The highest BCUT2D eigenvalue weighted by Crippen LogP contribution is 2.58. The van der Waals surface area contributed by atoms with Gasteiger partial charge in [0.15, 0.2) is 0 Å². The summed E-state index contributed by atoms with van der Waals surface area (Å²) in [5, 5.41) is 0. The summed E-state index contributed by atoms with van der Waals surface area (Å²) in [4.78, 5) is 5.09. The van der Waals surface area contributed by atoms with E-state index in [0.717, 1.165) is 73.1 Å². The number of fused-ring (bicyclic) bond motifs is 3. The molecular formula is C89H84N2. The molecule has 12 aromatic carbocycles. The van der Waals surface area contributed by atoms with Crippen molar-refractivity contribution in [3.63, 3.8) is 0 Å². The molecule has 0 N–H and O–H groups in total. The monoisotopic (exact) mass is 1180 g/mol. The summed E-state index contributed by atoms with van der Waals surface area (Å²) in [7, 11) is 0. The van der Waals surface area contributed by atoms with Crippen molar-refractivity contribution in [3.05, 3.63) is 336 Å². The summed E-state index contributed by atoms with van der Waals surface area (Å²) < 4.78 is 0. The highest BCUT2D eigenvalue weighted by Gasteiger charge is 2.47. The molecule has 0 amide bonds. The van der Waals surface area contributed by atoms with E-state index in [4.69, 9.17) is 0 Å². The Hall–Kier alpha value is -9.76. The zero-order valence-electron chi connectivity index (χ0n) is 55.1. The van der Waals surface area contributed by atoms with E-state index < -0.39 is 5.41 Å². The Balaban J connectivity index is 1.16. The largest absolute Gasteiger partial charge is 0.310 e. The van der Waals surface area contributed by atoms with Gasteiger partial charge in [-0.05, 0) is 177 Å². The van der Waals surface area contributed by atoms with E-state index in [1.165, 1.54) is 61.2 Å². The van der Waals surface area contributed by atoms with E-state index in [9.17, 15) is 0 Å². The number of hydrogen-bond acceptors (Lipinski definition) is 2. The molecule has 1 aliphatic rings. The van der Waals surface area contributed by atoms with Crippen molar-refractivity contribution < 1.29 is 0 Å². The Morgan fingerprint density at radius 3 is 0.879 bits per heavy atom. The Morgan fingerprint density at radius 1 is 0.220 bits per heavy atom. The quantitative estimate of drug-likeness (QED) is 0.120. The third-order valence-electron chi connectivity index (χ3n) is 18.8. The Bertz CT molecular complexity index is 4280. The Morgan fingerprint density at radius 2 is 0.527 bits per heavy atom. The third-order valence-corrected chi connectivity index (χ3v) is 18.8. The summed E-state index contributed by atoms with van der Waals surface area (Å²) in [5.74, 6) is 0. The van der Waals surface area contributed by atoms with Gasteiger partial charge in [0.05, 0.1) is 16.8 Å². The molecule has 2 nitrogen and oxygen atoms in total. The minimum absolute atomic E-state index is 0.0344. The highest BCUT2D eigenvalue weighted by molar-refractivity contribution is 5.96. The normalized spacial score (nSPS) is 12.9. The zero-order chi connectivity index (χ0) is 63.5. The fourth-order valence-corrected chi connectivity index (χ4v) is 13.7. The summed E-state index contributed by atoms with van der Waals surface area (Å²) in [6.07, 6.45) is 0. The van der Waals surface area contributed by atoms with Gasteiger partial charge < -0.3 is 9.80 Å². The maximum absolute atomic E-state index is 2.54. The lowest BCUT2D eigenvalue weighted by molar-refractivity contribution is 0.590. The second-order valence-electron chi connectivity index (χ2n) is 29.1. The van der Waals surface area contributed by atoms with Gasteiger partial charge >= 0.3 is 0 Å². The first-order chi connectivity index (χ1) is 43.6. The first kappa shape index (κ1) is 60.2. The zero-order valence-corrected chi connectivity index (χ0v) is 55.1. The van der Waals surface area contributed by atoms with Crippen molar-refractivity contribution in [2.45, 2.75) is 110 Å². The first-order valence-corrected chi connectivity index (χ1v) is 32.5. The lowest BCUT2D eigenvalue weighted by atomic mass is 9.67. The van der Waals surface area contributed by atoms with Crippen molar-refractivity contribution in [2.75, 3.05) is 9.80 Å². The van der Waals surface area contributed by atoms with Gasteiger partial charge in [-0.1, -0.05) is 308 Å². The van der Waals surface area contributed by atoms with E-state index in [0.29, 0.717) is 0 Å². The minimum atomic E-state index is -0.751. The van der Waals surface area contributed by atoms with Gasteiger partial charge in [0, 0.05) is 33.9 Å². The summed E-state index contributed by atoms with van der Waals surface area (Å²) in [6, 6.07) is 110. The smallest absolute Gasteiger partial charge is 0.0715 e. The minimum Gasteiger partial charge on any atom is -0.310 e. The van der Waals surface area contributed by atoms with Crippen LogP contribution in [0.2, 0.25) is 0 Å². The van der Waals surface area contributed by atoms with Crippen molar-refractivity contribution >= 4 is 34.1 Å². The van der Waals surface area contributed by atoms with Gasteiger partial charge in [0.2, 0.25) is 0 Å². The molecule has 1 aliphatic carbocycles. The molecule has 2 heteroatoms. The van der Waals surface area contributed by atoms with E-state index in [2.05, 4.69) is 384 Å². The standard InChI is InChI=1S/C89H84N2/c1-85(2,3)67-42-36-61(37-43-67)65-40-54-83(79(56-65)63-26-16-13-17-27-63)90(73-50-46-69(47-51-73)87(7,8)9)75-58-72(89(71-30-20-15-21-31-71)81-34-24-22-32-77(81)78-33-23-25-35-82(78)89)59-76(60-75)91(74-52-48-70(49-53-74)88(10,11)12)84-55-41-66(57-80(84)64-28-18-14-19-29-64)62-38-44-68(45-39-62)86(4,5)6/h13-60H,1-12H3. The molecule has 0 bridgehead atoms. The maximum Gasteiger partial charge on any atom is 0.0715 e. The Labute approximate surface area is 542 Å². The van der Waals surface area contributed by atoms with Gasteiger partial charge in [-0.3, -0.25) is 0 Å². The molecule has 0 fully saturated rings. The lowest BCUT2D eigenvalue weighted by Crippen LogP contribution is -2.29. The van der Waals surface area contributed by atoms with E-state index in [1.807, 2.05) is 0 Å². The second-order valence-corrected chi connectivity index (χ2v) is 29.1. The van der Waals surface area contributed by atoms with Gasteiger partial charge in [-0.25, -0.2) is 0 Å². The van der Waals surface area contributed by atoms with Crippen LogP contribution >= 0.6 is 0 Å². The van der Waals surface area contributed by atoms with Crippen LogP contribution in [0.3, 0.4) is 0 Å². The number of nitrogens with zero attached hydrogens (tertiary/aromatic N) is 2. The van der Waals surface area contributed by atoms with Crippen LogP contribution < -0.4 is 9.80 Å². The van der Waals surface area contributed by atoms with Crippen molar-refractivity contribution in [1.82, 2.24) is 0 Å². The summed E-state index contributed by atoms with van der Waals surface area (Å²) >= 11 is 0. The molecule has 450 valence electrons. The lowest BCUT2D eigenvalue weighted by Gasteiger charge is -2.37.